The number of nitrogens with one attached hydrogen (secondary N) is 1. The van der Waals surface area contributed by atoms with Crippen LogP contribution in [0.15, 0.2) is 46.9 Å². The zero-order valence-electron chi connectivity index (χ0n) is 10.7. The fourth-order valence-corrected chi connectivity index (χ4v) is 3.41. The van der Waals surface area contributed by atoms with Crippen molar-refractivity contribution in [1.29, 1.82) is 0 Å². The molecule has 0 aliphatic rings. The first-order valence-corrected chi connectivity index (χ1v) is 7.99. The van der Waals surface area contributed by atoms with Crippen LogP contribution in [-0.2, 0) is 0 Å². The number of H-pyrrole nitrogens is 1. The maximum Gasteiger partial charge on any atom is 0.153 e. The molecule has 2 aromatic carbocycles. The van der Waals surface area contributed by atoms with E-state index in [2.05, 4.69) is 48.7 Å². The van der Waals surface area contributed by atoms with Crippen molar-refractivity contribution in [3.63, 3.8) is 0 Å². The van der Waals surface area contributed by atoms with Gasteiger partial charge in [0.15, 0.2) is 5.82 Å². The summed E-state index contributed by atoms with van der Waals surface area (Å²) in [6.07, 6.45) is 0. The summed E-state index contributed by atoms with van der Waals surface area (Å²) in [5, 5.41) is 7.06. The number of aromatic amines is 1. The Morgan fingerprint density at radius 3 is 2.62 bits per heavy atom. The number of halogens is 3. The van der Waals surface area contributed by atoms with Crippen LogP contribution in [-0.4, -0.2) is 10.2 Å². The van der Waals surface area contributed by atoms with E-state index in [1.54, 1.807) is 6.07 Å². The highest BCUT2D eigenvalue weighted by atomic mass is 127. The third kappa shape index (κ3) is 2.69. The topological polar surface area (TPSA) is 54.7 Å². The predicted molar refractivity (Wildman–Crippen MR) is 94.2 cm³/mol. The third-order valence-corrected chi connectivity index (χ3v) is 4.72. The number of nitrogens with two attached hydrogens (primary N) is 1. The first kappa shape index (κ1) is 14.5. The van der Waals surface area contributed by atoms with Gasteiger partial charge in [0.1, 0.15) is 5.82 Å². The quantitative estimate of drug-likeness (QED) is 0.541. The Hall–Kier alpha value is -1.41. The lowest BCUT2D eigenvalue weighted by atomic mass is 10.0. The molecule has 0 fully saturated rings. The second kappa shape index (κ2) is 5.76. The lowest BCUT2D eigenvalue weighted by Gasteiger charge is -2.08. The van der Waals surface area contributed by atoms with Crippen LogP contribution < -0.4 is 5.73 Å². The molecule has 0 aliphatic heterocycles. The van der Waals surface area contributed by atoms with E-state index in [1.807, 2.05) is 24.3 Å². The largest absolute Gasteiger partial charge is 0.382 e. The van der Waals surface area contributed by atoms with Crippen LogP contribution in [0, 0.1) is 9.39 Å². The number of benzene rings is 2. The second-order valence-corrected chi connectivity index (χ2v) is 6.48. The fourth-order valence-electron chi connectivity index (χ4n) is 2.18. The van der Waals surface area contributed by atoms with E-state index in [0.29, 0.717) is 5.82 Å². The second-order valence-electron chi connectivity index (χ2n) is 4.46. The highest BCUT2D eigenvalue weighted by Gasteiger charge is 2.18. The Balaban J connectivity index is 2.25. The SMILES string of the molecule is Nc1n[nH]c(-c2ccc(F)cc2I)c1-c1ccccc1Br. The number of aromatic nitrogens is 2. The van der Waals surface area contributed by atoms with Crippen molar-refractivity contribution < 1.29 is 4.39 Å². The number of hydrogen-bond acceptors (Lipinski definition) is 2. The van der Waals surface area contributed by atoms with E-state index in [4.69, 9.17) is 5.73 Å². The van der Waals surface area contributed by atoms with Gasteiger partial charge in [-0.15, -0.1) is 0 Å². The standard InChI is InChI=1S/C15H10BrFIN3/c16-11-4-2-1-3-9(11)13-14(20-21-15(13)19)10-6-5-8(17)7-12(10)18/h1-7H,(H3,19,20,21). The van der Waals surface area contributed by atoms with Gasteiger partial charge in [-0.1, -0.05) is 34.1 Å². The van der Waals surface area contributed by atoms with Gasteiger partial charge in [0.25, 0.3) is 0 Å². The summed E-state index contributed by atoms with van der Waals surface area (Å²) < 4.78 is 15.0. The Bertz CT molecular complexity index is 816. The van der Waals surface area contributed by atoms with Crippen LogP contribution in [0.5, 0.6) is 0 Å². The molecule has 0 saturated carbocycles. The van der Waals surface area contributed by atoms with E-state index in [-0.39, 0.29) is 5.82 Å². The zero-order valence-corrected chi connectivity index (χ0v) is 14.4. The van der Waals surface area contributed by atoms with E-state index in [0.717, 1.165) is 30.4 Å². The monoisotopic (exact) mass is 457 g/mol. The van der Waals surface area contributed by atoms with Crippen molar-refractivity contribution in [2.75, 3.05) is 5.73 Å². The molecular weight excluding hydrogens is 448 g/mol. The molecule has 1 aromatic heterocycles. The minimum Gasteiger partial charge on any atom is -0.382 e. The van der Waals surface area contributed by atoms with E-state index in [1.165, 1.54) is 12.1 Å². The van der Waals surface area contributed by atoms with E-state index < -0.39 is 0 Å². The summed E-state index contributed by atoms with van der Waals surface area (Å²) in [4.78, 5) is 0. The minimum atomic E-state index is -0.266. The average molecular weight is 458 g/mol. The van der Waals surface area contributed by atoms with Gasteiger partial charge in [0, 0.05) is 19.2 Å². The van der Waals surface area contributed by atoms with Crippen LogP contribution in [0.1, 0.15) is 0 Å². The molecular formula is C15H10BrFIN3. The lowest BCUT2D eigenvalue weighted by Crippen LogP contribution is -1.91. The number of nitrogen functional groups attached to an aromatic ring is 1. The maximum absolute atomic E-state index is 13.3. The number of anilines is 1. The smallest absolute Gasteiger partial charge is 0.153 e. The fraction of sp³-hybridized carbons (Fsp3) is 0. The lowest BCUT2D eigenvalue weighted by molar-refractivity contribution is 0.627. The average Bonchev–Trinajstić information content (AvgIpc) is 2.81. The van der Waals surface area contributed by atoms with Crippen molar-refractivity contribution >= 4 is 44.3 Å². The molecule has 0 unspecified atom stereocenters. The molecule has 0 bridgehead atoms. The van der Waals surface area contributed by atoms with Gasteiger partial charge < -0.3 is 5.73 Å². The van der Waals surface area contributed by atoms with Crippen LogP contribution in [0.4, 0.5) is 10.2 Å². The molecule has 3 nitrogen and oxygen atoms in total. The van der Waals surface area contributed by atoms with Gasteiger partial charge >= 0.3 is 0 Å². The molecule has 0 aliphatic carbocycles. The molecule has 0 saturated heterocycles. The molecule has 1 heterocycles. The summed E-state index contributed by atoms with van der Waals surface area (Å²) in [6, 6.07) is 12.4. The van der Waals surface area contributed by atoms with Gasteiger partial charge in [-0.25, -0.2) is 4.39 Å². The first-order valence-electron chi connectivity index (χ1n) is 6.12. The predicted octanol–water partition coefficient (Wildman–Crippen LogP) is 4.83. The number of nitrogens with zero attached hydrogens (tertiary/aromatic N) is 1. The Morgan fingerprint density at radius 2 is 1.90 bits per heavy atom. The number of rotatable bonds is 2. The summed E-state index contributed by atoms with van der Waals surface area (Å²) in [7, 11) is 0. The van der Waals surface area contributed by atoms with E-state index >= 15 is 0 Å². The van der Waals surface area contributed by atoms with Gasteiger partial charge in [0.05, 0.1) is 11.3 Å². The highest BCUT2D eigenvalue weighted by molar-refractivity contribution is 14.1. The molecule has 0 radical (unpaired) electrons. The molecule has 21 heavy (non-hydrogen) atoms. The van der Waals surface area contributed by atoms with Crippen LogP contribution in [0.25, 0.3) is 22.4 Å². The Kier molecular flexibility index (Phi) is 3.99. The molecule has 0 spiro atoms. The molecule has 0 amide bonds. The molecule has 3 rings (SSSR count). The Labute approximate surface area is 143 Å². The van der Waals surface area contributed by atoms with Gasteiger partial charge in [-0.2, -0.15) is 5.10 Å². The normalized spacial score (nSPS) is 10.8. The summed E-state index contributed by atoms with van der Waals surface area (Å²) in [5.41, 5.74) is 9.42. The molecule has 0 atom stereocenters. The van der Waals surface area contributed by atoms with Crippen LogP contribution in [0.2, 0.25) is 0 Å². The zero-order chi connectivity index (χ0) is 15.0. The highest BCUT2D eigenvalue weighted by Crippen LogP contribution is 2.39. The Morgan fingerprint density at radius 1 is 1.14 bits per heavy atom. The summed E-state index contributed by atoms with van der Waals surface area (Å²) >= 11 is 5.63. The van der Waals surface area contributed by atoms with Crippen molar-refractivity contribution in [2.45, 2.75) is 0 Å². The van der Waals surface area contributed by atoms with Crippen molar-refractivity contribution in [3.8, 4) is 22.4 Å². The maximum atomic E-state index is 13.3. The van der Waals surface area contributed by atoms with Gasteiger partial charge in [0.2, 0.25) is 0 Å². The molecule has 3 N–H and O–H groups in total. The minimum absolute atomic E-state index is 0.266. The van der Waals surface area contributed by atoms with Crippen molar-refractivity contribution in [1.82, 2.24) is 10.2 Å². The number of hydrogen-bond donors (Lipinski definition) is 2. The van der Waals surface area contributed by atoms with E-state index in [9.17, 15) is 4.39 Å². The molecule has 6 heteroatoms. The summed E-state index contributed by atoms with van der Waals surface area (Å²) in [6.45, 7) is 0. The molecule has 106 valence electrons. The van der Waals surface area contributed by atoms with Crippen LogP contribution >= 0.6 is 38.5 Å². The molecule has 3 aromatic rings. The van der Waals surface area contributed by atoms with Gasteiger partial charge in [-0.3, -0.25) is 5.10 Å². The van der Waals surface area contributed by atoms with Crippen LogP contribution in [0.3, 0.4) is 0 Å². The first-order chi connectivity index (χ1) is 10.1. The van der Waals surface area contributed by atoms with Crippen molar-refractivity contribution in [3.05, 3.63) is 56.3 Å². The third-order valence-electron chi connectivity index (χ3n) is 3.14. The van der Waals surface area contributed by atoms with Crippen molar-refractivity contribution in [2.24, 2.45) is 0 Å². The van der Waals surface area contributed by atoms with Gasteiger partial charge in [-0.05, 0) is 46.9 Å². The summed E-state index contributed by atoms with van der Waals surface area (Å²) in [5.74, 6) is 0.148.